The fourth-order valence-electron chi connectivity index (χ4n) is 3.88. The van der Waals surface area contributed by atoms with E-state index in [1.165, 1.54) is 10.6 Å². The van der Waals surface area contributed by atoms with Crippen molar-refractivity contribution < 1.29 is 14.3 Å². The first-order chi connectivity index (χ1) is 16.6. The number of H-pyrrole nitrogens is 1. The Balaban J connectivity index is 1.40. The van der Waals surface area contributed by atoms with E-state index in [1.54, 1.807) is 32.5 Å². The summed E-state index contributed by atoms with van der Waals surface area (Å²) in [5.74, 6) is 0.805. The number of methoxy groups -OCH3 is 2. The second-order valence-corrected chi connectivity index (χ2v) is 7.79. The number of aromatic nitrogens is 3. The number of fused-ring (bicyclic) bond motifs is 2. The van der Waals surface area contributed by atoms with Crippen LogP contribution in [-0.2, 0) is 6.54 Å². The van der Waals surface area contributed by atoms with Crippen molar-refractivity contribution in [2.24, 2.45) is 0 Å². The van der Waals surface area contributed by atoms with E-state index in [0.29, 0.717) is 22.7 Å². The van der Waals surface area contributed by atoms with Crippen LogP contribution in [0.1, 0.15) is 16.1 Å². The summed E-state index contributed by atoms with van der Waals surface area (Å²) in [7, 11) is 3.12. The highest BCUT2D eigenvalue weighted by Crippen LogP contribution is 2.27. The predicted molar refractivity (Wildman–Crippen MR) is 129 cm³/mol. The number of nitrogens with zero attached hydrogens (tertiary/aromatic N) is 2. The summed E-state index contributed by atoms with van der Waals surface area (Å²) in [5.41, 5.74) is 2.43. The summed E-state index contributed by atoms with van der Waals surface area (Å²) in [4.78, 5) is 28.3. The molecule has 0 saturated carbocycles. The van der Waals surface area contributed by atoms with Gasteiger partial charge in [0.05, 0.1) is 26.1 Å². The van der Waals surface area contributed by atoms with Crippen molar-refractivity contribution in [3.63, 3.8) is 0 Å². The molecule has 170 valence electrons. The van der Waals surface area contributed by atoms with E-state index in [4.69, 9.17) is 9.47 Å². The number of nitrogens with one attached hydrogen (secondary N) is 2. The zero-order valence-corrected chi connectivity index (χ0v) is 18.7. The molecule has 3 aromatic carbocycles. The summed E-state index contributed by atoms with van der Waals surface area (Å²) >= 11 is 0. The van der Waals surface area contributed by atoms with Gasteiger partial charge >= 0.3 is 0 Å². The summed E-state index contributed by atoms with van der Waals surface area (Å²) < 4.78 is 12.0. The molecule has 0 aliphatic carbocycles. The lowest BCUT2D eigenvalue weighted by molar-refractivity contribution is 0.0945. The topological polar surface area (TPSA) is 97.7 Å². The molecule has 0 atom stereocenters. The van der Waals surface area contributed by atoms with E-state index in [1.807, 2.05) is 48.5 Å². The molecule has 2 aromatic heterocycles. The van der Waals surface area contributed by atoms with Gasteiger partial charge in [0.1, 0.15) is 5.52 Å². The molecule has 0 fully saturated rings. The molecule has 0 unspecified atom stereocenters. The van der Waals surface area contributed by atoms with Crippen molar-refractivity contribution in [2.45, 2.75) is 6.54 Å². The Bertz CT molecular complexity index is 1590. The van der Waals surface area contributed by atoms with Crippen molar-refractivity contribution in [2.75, 3.05) is 14.2 Å². The number of aromatic amines is 1. The minimum Gasteiger partial charge on any atom is -0.493 e. The smallest absolute Gasteiger partial charge is 0.274 e. The Hall–Kier alpha value is -4.59. The summed E-state index contributed by atoms with van der Waals surface area (Å²) in [6, 6.07) is 20.8. The lowest BCUT2D eigenvalue weighted by Crippen LogP contribution is -2.23. The number of carbonyl (C=O) groups is 1. The Kier molecular flexibility index (Phi) is 5.47. The van der Waals surface area contributed by atoms with Gasteiger partial charge in [-0.05, 0) is 34.5 Å². The second-order valence-electron chi connectivity index (χ2n) is 7.79. The van der Waals surface area contributed by atoms with Crippen LogP contribution in [0.3, 0.4) is 0 Å². The first kappa shape index (κ1) is 21.3. The summed E-state index contributed by atoms with van der Waals surface area (Å²) in [6.07, 6.45) is 1.71. The van der Waals surface area contributed by atoms with E-state index in [2.05, 4.69) is 15.4 Å². The fraction of sp³-hybridized carbons (Fsp3) is 0.115. The Labute approximate surface area is 194 Å². The normalized spacial score (nSPS) is 11.0. The molecule has 5 rings (SSSR count). The molecule has 0 radical (unpaired) electrons. The van der Waals surface area contributed by atoms with Crippen LogP contribution < -0.4 is 20.3 Å². The first-order valence-electron chi connectivity index (χ1n) is 10.7. The Morgan fingerprint density at radius 3 is 2.56 bits per heavy atom. The number of rotatable bonds is 6. The standard InChI is InChI=1S/C26H22N4O4/c1-33-23-10-7-16(11-24(23)34-2)14-27-25(31)20-13-22-26(32)28-21(15-30(22)29-20)19-9-8-17-5-3-4-6-18(17)12-19/h3-13,15H,14H2,1-2H3,(H,27,31)(H,28,32). The Morgan fingerprint density at radius 2 is 1.76 bits per heavy atom. The van der Waals surface area contributed by atoms with Crippen LogP contribution >= 0.6 is 0 Å². The summed E-state index contributed by atoms with van der Waals surface area (Å²) in [5, 5.41) is 9.34. The Morgan fingerprint density at radius 1 is 0.971 bits per heavy atom. The third-order valence-electron chi connectivity index (χ3n) is 5.66. The molecule has 34 heavy (non-hydrogen) atoms. The highest BCUT2D eigenvalue weighted by Gasteiger charge is 2.14. The largest absolute Gasteiger partial charge is 0.493 e. The molecule has 5 aromatic rings. The van der Waals surface area contributed by atoms with E-state index >= 15 is 0 Å². The van der Waals surface area contributed by atoms with Crippen LogP contribution in [0.25, 0.3) is 27.5 Å². The first-order valence-corrected chi connectivity index (χ1v) is 10.7. The van der Waals surface area contributed by atoms with Gasteiger partial charge < -0.3 is 19.8 Å². The van der Waals surface area contributed by atoms with Crippen molar-refractivity contribution in [3.05, 3.63) is 94.5 Å². The third-order valence-corrected chi connectivity index (χ3v) is 5.66. The number of carbonyl (C=O) groups excluding carboxylic acids is 1. The van der Waals surface area contributed by atoms with Gasteiger partial charge in [0.25, 0.3) is 11.5 Å². The van der Waals surface area contributed by atoms with Gasteiger partial charge in [-0.1, -0.05) is 42.5 Å². The maximum atomic E-state index is 12.7. The molecule has 0 saturated heterocycles. The highest BCUT2D eigenvalue weighted by atomic mass is 16.5. The maximum absolute atomic E-state index is 12.7. The van der Waals surface area contributed by atoms with Crippen molar-refractivity contribution in [1.82, 2.24) is 19.9 Å². The highest BCUT2D eigenvalue weighted by molar-refractivity contribution is 5.93. The average molecular weight is 454 g/mol. The van der Waals surface area contributed by atoms with Crippen molar-refractivity contribution in [3.8, 4) is 22.8 Å². The summed E-state index contributed by atoms with van der Waals surface area (Å²) in [6.45, 7) is 0.270. The van der Waals surface area contributed by atoms with E-state index < -0.39 is 0 Å². The quantitative estimate of drug-likeness (QED) is 0.407. The molecule has 0 spiro atoms. The number of hydrogen-bond acceptors (Lipinski definition) is 5. The van der Waals surface area contributed by atoms with E-state index in [9.17, 15) is 9.59 Å². The minimum absolute atomic E-state index is 0.154. The number of hydrogen-bond donors (Lipinski definition) is 2. The molecule has 0 bridgehead atoms. The molecular weight excluding hydrogens is 432 g/mol. The lowest BCUT2D eigenvalue weighted by Gasteiger charge is -2.10. The monoisotopic (exact) mass is 454 g/mol. The van der Waals surface area contributed by atoms with Gasteiger partial charge in [-0.25, -0.2) is 4.52 Å². The van der Waals surface area contributed by atoms with Gasteiger partial charge in [0.15, 0.2) is 17.2 Å². The molecule has 0 aliphatic rings. The van der Waals surface area contributed by atoms with E-state index in [-0.39, 0.29) is 23.7 Å². The number of benzene rings is 3. The van der Waals surface area contributed by atoms with Gasteiger partial charge in [0, 0.05) is 18.2 Å². The zero-order valence-electron chi connectivity index (χ0n) is 18.7. The van der Waals surface area contributed by atoms with E-state index in [0.717, 1.165) is 21.9 Å². The maximum Gasteiger partial charge on any atom is 0.274 e. The molecule has 2 N–H and O–H groups in total. The fourth-order valence-corrected chi connectivity index (χ4v) is 3.88. The predicted octanol–water partition coefficient (Wildman–Crippen LogP) is 3.79. The minimum atomic E-state index is -0.384. The van der Waals surface area contributed by atoms with Crippen LogP contribution in [-0.4, -0.2) is 34.7 Å². The molecule has 1 amide bonds. The second kappa shape index (κ2) is 8.74. The van der Waals surface area contributed by atoms with Crippen LogP contribution in [0.15, 0.2) is 77.7 Å². The number of ether oxygens (including phenoxy) is 2. The molecular formula is C26H22N4O4. The molecule has 2 heterocycles. The van der Waals surface area contributed by atoms with Crippen LogP contribution in [0.2, 0.25) is 0 Å². The van der Waals surface area contributed by atoms with Gasteiger partial charge in [-0.3, -0.25) is 9.59 Å². The van der Waals surface area contributed by atoms with Crippen LogP contribution in [0, 0.1) is 0 Å². The van der Waals surface area contributed by atoms with Crippen molar-refractivity contribution >= 4 is 22.2 Å². The zero-order chi connectivity index (χ0) is 23.7. The molecule has 8 heteroatoms. The molecule has 8 nitrogen and oxygen atoms in total. The van der Waals surface area contributed by atoms with Crippen molar-refractivity contribution in [1.29, 1.82) is 0 Å². The SMILES string of the molecule is COc1ccc(CNC(=O)c2cc3c(=O)[nH]c(-c4ccc5ccccc5c4)cn3n2)cc1OC. The third kappa shape index (κ3) is 3.97. The van der Waals surface area contributed by atoms with Gasteiger partial charge in [-0.15, -0.1) is 0 Å². The average Bonchev–Trinajstić information content (AvgIpc) is 3.32. The van der Waals surface area contributed by atoms with Gasteiger partial charge in [0.2, 0.25) is 0 Å². The molecule has 0 aliphatic heterocycles. The lowest BCUT2D eigenvalue weighted by atomic mass is 10.1. The van der Waals surface area contributed by atoms with Gasteiger partial charge in [-0.2, -0.15) is 5.10 Å². The van der Waals surface area contributed by atoms with Crippen LogP contribution in [0.5, 0.6) is 11.5 Å². The number of amides is 1. The van der Waals surface area contributed by atoms with Crippen LogP contribution in [0.4, 0.5) is 0 Å².